The molecule has 2 aromatic rings. The zero-order valence-corrected chi connectivity index (χ0v) is 12.8. The molecule has 1 aliphatic rings. The molecule has 1 aromatic carbocycles. The Kier molecular flexibility index (Phi) is 4.08. The fraction of sp³-hybridized carbons (Fsp3) is 0.286. The molecule has 0 fully saturated rings. The average molecular weight is 344 g/mol. The lowest BCUT2D eigenvalue weighted by Gasteiger charge is -2.32. The van der Waals surface area contributed by atoms with E-state index in [1.165, 1.54) is 18.5 Å². The molecule has 0 amide bonds. The molecule has 22 heavy (non-hydrogen) atoms. The van der Waals surface area contributed by atoms with E-state index in [1.807, 2.05) is 0 Å². The lowest BCUT2D eigenvalue weighted by Crippen LogP contribution is -2.45. The van der Waals surface area contributed by atoms with E-state index in [9.17, 15) is 14.3 Å². The first-order chi connectivity index (χ1) is 10.5. The number of halogens is 3. The molecule has 0 unspecified atom stereocenters. The fourth-order valence-electron chi connectivity index (χ4n) is 2.61. The van der Waals surface area contributed by atoms with E-state index in [1.54, 1.807) is 4.90 Å². The number of H-pyrrole nitrogens is 1. The number of carbonyl (C=O) groups is 1. The van der Waals surface area contributed by atoms with Crippen molar-refractivity contribution >= 4 is 29.2 Å². The van der Waals surface area contributed by atoms with E-state index in [2.05, 4.69) is 9.97 Å². The minimum absolute atomic E-state index is 0.0562. The minimum Gasteiger partial charge on any atom is -0.480 e. The van der Waals surface area contributed by atoms with Crippen LogP contribution in [0.5, 0.6) is 0 Å². The maximum absolute atomic E-state index is 14.0. The van der Waals surface area contributed by atoms with Crippen LogP contribution in [-0.2, 0) is 24.3 Å². The molecule has 3 rings (SSSR count). The quantitative estimate of drug-likeness (QED) is 0.840. The van der Waals surface area contributed by atoms with Gasteiger partial charge in [-0.1, -0.05) is 23.2 Å². The van der Waals surface area contributed by atoms with Gasteiger partial charge < -0.3 is 10.1 Å². The second kappa shape index (κ2) is 5.87. The molecule has 2 heterocycles. The zero-order valence-electron chi connectivity index (χ0n) is 11.3. The van der Waals surface area contributed by atoms with Gasteiger partial charge in [-0.3, -0.25) is 9.69 Å². The third kappa shape index (κ3) is 2.69. The Morgan fingerprint density at radius 2 is 2.27 bits per heavy atom. The Balaban J connectivity index is 1.94. The molecule has 116 valence electrons. The largest absolute Gasteiger partial charge is 0.480 e. The number of aromatic nitrogens is 2. The fourth-order valence-corrected chi connectivity index (χ4v) is 3.00. The van der Waals surface area contributed by atoms with Gasteiger partial charge in [0.2, 0.25) is 0 Å². The number of benzene rings is 1. The average Bonchev–Trinajstić information content (AvgIpc) is 2.93. The van der Waals surface area contributed by atoms with Crippen molar-refractivity contribution in [1.29, 1.82) is 0 Å². The predicted octanol–water partition coefficient (Wildman–Crippen LogP) is 2.87. The summed E-state index contributed by atoms with van der Waals surface area (Å²) in [6.45, 7) is 0.384. The maximum atomic E-state index is 14.0. The van der Waals surface area contributed by atoms with Crippen molar-refractivity contribution in [2.45, 2.75) is 25.6 Å². The predicted molar refractivity (Wildman–Crippen MR) is 79.4 cm³/mol. The van der Waals surface area contributed by atoms with Crippen molar-refractivity contribution in [3.63, 3.8) is 0 Å². The van der Waals surface area contributed by atoms with Gasteiger partial charge >= 0.3 is 5.97 Å². The highest BCUT2D eigenvalue weighted by Gasteiger charge is 2.33. The van der Waals surface area contributed by atoms with Crippen LogP contribution in [-0.4, -0.2) is 32.0 Å². The van der Waals surface area contributed by atoms with Gasteiger partial charge in [-0.2, -0.15) is 0 Å². The van der Waals surface area contributed by atoms with Gasteiger partial charge in [0, 0.05) is 25.1 Å². The van der Waals surface area contributed by atoms with Crippen LogP contribution in [0.25, 0.3) is 0 Å². The van der Waals surface area contributed by atoms with Gasteiger partial charge in [0.1, 0.15) is 11.9 Å². The SMILES string of the molecule is O=C(O)[C@H]1Cc2nc[nH]c2CN1Cc1c(F)ccc(Cl)c1Cl. The number of nitrogens with one attached hydrogen (secondary N) is 1. The number of imidazole rings is 1. The van der Waals surface area contributed by atoms with Crippen molar-refractivity contribution in [3.8, 4) is 0 Å². The van der Waals surface area contributed by atoms with Crippen molar-refractivity contribution in [2.75, 3.05) is 0 Å². The van der Waals surface area contributed by atoms with Crippen LogP contribution in [0.1, 0.15) is 17.0 Å². The number of carboxylic acid groups (broad SMARTS) is 1. The number of aromatic amines is 1. The molecule has 8 heteroatoms. The smallest absolute Gasteiger partial charge is 0.321 e. The molecule has 1 aromatic heterocycles. The Bertz CT molecular complexity index is 735. The first-order valence-corrected chi connectivity index (χ1v) is 7.33. The molecule has 0 radical (unpaired) electrons. The Morgan fingerprint density at radius 3 is 3.00 bits per heavy atom. The van der Waals surface area contributed by atoms with Gasteiger partial charge in [0.15, 0.2) is 0 Å². The van der Waals surface area contributed by atoms with E-state index >= 15 is 0 Å². The molecule has 1 atom stereocenters. The first-order valence-electron chi connectivity index (χ1n) is 6.57. The summed E-state index contributed by atoms with van der Waals surface area (Å²) in [5.74, 6) is -1.49. The summed E-state index contributed by atoms with van der Waals surface area (Å²) in [6.07, 6.45) is 1.79. The van der Waals surface area contributed by atoms with Gasteiger partial charge in [-0.05, 0) is 12.1 Å². The molecule has 0 aliphatic carbocycles. The number of rotatable bonds is 3. The lowest BCUT2D eigenvalue weighted by atomic mass is 10.0. The molecule has 1 aliphatic heterocycles. The van der Waals surface area contributed by atoms with Crippen molar-refractivity contribution in [3.05, 3.63) is 51.3 Å². The third-order valence-corrected chi connectivity index (χ3v) is 4.62. The van der Waals surface area contributed by atoms with Crippen LogP contribution < -0.4 is 0 Å². The number of nitrogens with zero attached hydrogens (tertiary/aromatic N) is 2. The van der Waals surface area contributed by atoms with Crippen LogP contribution in [0.3, 0.4) is 0 Å². The zero-order chi connectivity index (χ0) is 15.9. The van der Waals surface area contributed by atoms with Gasteiger partial charge in [0.05, 0.1) is 27.8 Å². The topological polar surface area (TPSA) is 69.2 Å². The highest BCUT2D eigenvalue weighted by atomic mass is 35.5. The summed E-state index contributed by atoms with van der Waals surface area (Å²) in [4.78, 5) is 20.2. The summed E-state index contributed by atoms with van der Waals surface area (Å²) >= 11 is 12.0. The van der Waals surface area contributed by atoms with Gasteiger partial charge in [-0.25, -0.2) is 9.37 Å². The van der Waals surface area contributed by atoms with E-state index in [0.29, 0.717) is 6.54 Å². The van der Waals surface area contributed by atoms with Crippen molar-refractivity contribution in [1.82, 2.24) is 14.9 Å². The van der Waals surface area contributed by atoms with Crippen molar-refractivity contribution in [2.24, 2.45) is 0 Å². The molecule has 0 saturated heterocycles. The van der Waals surface area contributed by atoms with E-state index < -0.39 is 17.8 Å². The number of hydrogen-bond donors (Lipinski definition) is 2. The van der Waals surface area contributed by atoms with Gasteiger partial charge in [0.25, 0.3) is 0 Å². The summed E-state index contributed by atoms with van der Waals surface area (Å²) in [5, 5.41) is 9.76. The standard InChI is InChI=1S/C14H12Cl2FN3O2/c15-8-1-2-9(17)7(13(8)16)4-20-5-11-10(18-6-19-11)3-12(20)14(21)22/h1-2,6,12H,3-5H2,(H,18,19)(H,21,22)/t12-/m1/s1. The summed E-state index contributed by atoms with van der Waals surface area (Å²) in [6, 6.07) is 1.82. The second-order valence-electron chi connectivity index (χ2n) is 5.11. The van der Waals surface area contributed by atoms with Gasteiger partial charge in [-0.15, -0.1) is 0 Å². The molecule has 5 nitrogen and oxygen atoms in total. The number of aliphatic carboxylic acids is 1. The van der Waals surface area contributed by atoms with Crippen LogP contribution >= 0.6 is 23.2 Å². The number of fused-ring (bicyclic) bond motifs is 1. The normalized spacial score (nSPS) is 18.2. The molecule has 0 spiro atoms. The molecular formula is C14H12Cl2FN3O2. The maximum Gasteiger partial charge on any atom is 0.321 e. The monoisotopic (exact) mass is 343 g/mol. The summed E-state index contributed by atoms with van der Waals surface area (Å²) < 4.78 is 14.0. The van der Waals surface area contributed by atoms with Crippen molar-refractivity contribution < 1.29 is 14.3 Å². The van der Waals surface area contributed by atoms with E-state index in [0.717, 1.165) is 11.4 Å². The van der Waals surface area contributed by atoms with Crippen LogP contribution in [0.4, 0.5) is 4.39 Å². The van der Waals surface area contributed by atoms with Crippen LogP contribution in [0, 0.1) is 5.82 Å². The highest BCUT2D eigenvalue weighted by molar-refractivity contribution is 6.42. The highest BCUT2D eigenvalue weighted by Crippen LogP contribution is 2.31. The third-order valence-electron chi connectivity index (χ3n) is 3.78. The minimum atomic E-state index is -0.979. The Morgan fingerprint density at radius 1 is 1.50 bits per heavy atom. The Labute approximate surface area is 135 Å². The summed E-state index contributed by atoms with van der Waals surface area (Å²) in [7, 11) is 0. The Hall–Kier alpha value is -1.63. The van der Waals surface area contributed by atoms with Crippen LogP contribution in [0.15, 0.2) is 18.5 Å². The van der Waals surface area contributed by atoms with E-state index in [-0.39, 0.29) is 28.6 Å². The molecule has 0 bridgehead atoms. The number of hydrogen-bond acceptors (Lipinski definition) is 3. The van der Waals surface area contributed by atoms with E-state index in [4.69, 9.17) is 23.2 Å². The molecule has 2 N–H and O–H groups in total. The lowest BCUT2D eigenvalue weighted by molar-refractivity contribution is -0.144. The summed E-state index contributed by atoms with van der Waals surface area (Å²) in [5.41, 5.74) is 1.75. The number of carboxylic acids is 1. The molecular weight excluding hydrogens is 332 g/mol. The second-order valence-corrected chi connectivity index (χ2v) is 5.90. The first kappa shape index (κ1) is 15.3. The molecule has 0 saturated carbocycles. The van der Waals surface area contributed by atoms with Crippen LogP contribution in [0.2, 0.25) is 10.0 Å².